The average Bonchev–Trinajstić information content (AvgIpc) is 3.37. The van der Waals surface area contributed by atoms with Gasteiger partial charge in [-0.25, -0.2) is 0 Å². The fourth-order valence-corrected chi connectivity index (χ4v) is 4.00. The lowest BCUT2D eigenvalue weighted by Crippen LogP contribution is -2.45. The van der Waals surface area contributed by atoms with Gasteiger partial charge in [0.15, 0.2) is 0 Å². The first kappa shape index (κ1) is 16.7. The maximum absolute atomic E-state index is 12.7. The standard InChI is InChI=1S/C19H23ClN2O3/c20-14-2-1-3-17(11-14)25-16-6-8-21(9-7-16)19(24)13-10-18(23)22(12-13)15-4-5-15/h1-3,11,13,15-16H,4-10,12H2/t13-/m1/s1. The van der Waals surface area contributed by atoms with Crippen LogP contribution < -0.4 is 4.74 Å². The molecule has 0 aromatic heterocycles. The number of likely N-dealkylation sites (tertiary alicyclic amines) is 2. The molecule has 1 aliphatic carbocycles. The molecule has 5 nitrogen and oxygen atoms in total. The van der Waals surface area contributed by atoms with Crippen LogP contribution in [0.4, 0.5) is 0 Å². The van der Waals surface area contributed by atoms with Gasteiger partial charge in [-0.2, -0.15) is 0 Å². The topological polar surface area (TPSA) is 49.9 Å². The Balaban J connectivity index is 1.28. The van der Waals surface area contributed by atoms with Crippen molar-refractivity contribution in [3.05, 3.63) is 29.3 Å². The number of benzene rings is 1. The first-order valence-electron chi connectivity index (χ1n) is 9.10. The van der Waals surface area contributed by atoms with Gasteiger partial charge in [-0.15, -0.1) is 0 Å². The Hall–Kier alpha value is -1.75. The fraction of sp³-hybridized carbons (Fsp3) is 0.579. The highest BCUT2D eigenvalue weighted by molar-refractivity contribution is 6.30. The molecular formula is C19H23ClN2O3. The van der Waals surface area contributed by atoms with Gasteiger partial charge in [0.1, 0.15) is 11.9 Å². The van der Waals surface area contributed by atoms with Crippen LogP contribution >= 0.6 is 11.6 Å². The van der Waals surface area contributed by atoms with E-state index in [9.17, 15) is 9.59 Å². The third-order valence-corrected chi connectivity index (χ3v) is 5.58. The van der Waals surface area contributed by atoms with E-state index < -0.39 is 0 Å². The van der Waals surface area contributed by atoms with Crippen molar-refractivity contribution < 1.29 is 14.3 Å². The van der Waals surface area contributed by atoms with Crippen LogP contribution in [0.2, 0.25) is 5.02 Å². The zero-order valence-electron chi connectivity index (χ0n) is 14.2. The van der Waals surface area contributed by atoms with Crippen molar-refractivity contribution in [1.29, 1.82) is 0 Å². The van der Waals surface area contributed by atoms with Gasteiger partial charge in [0, 0.05) is 50.0 Å². The van der Waals surface area contributed by atoms with Crippen LogP contribution in [0.1, 0.15) is 32.1 Å². The van der Waals surface area contributed by atoms with E-state index >= 15 is 0 Å². The Bertz CT molecular complexity index is 668. The van der Waals surface area contributed by atoms with E-state index in [0.29, 0.717) is 37.1 Å². The Labute approximate surface area is 152 Å². The summed E-state index contributed by atoms with van der Waals surface area (Å²) in [5.74, 6) is 0.912. The van der Waals surface area contributed by atoms with E-state index in [-0.39, 0.29) is 23.8 Å². The third-order valence-electron chi connectivity index (χ3n) is 5.35. The number of hydrogen-bond donors (Lipinski definition) is 0. The third kappa shape index (κ3) is 3.76. The lowest BCUT2D eigenvalue weighted by atomic mass is 10.0. The van der Waals surface area contributed by atoms with Crippen molar-refractivity contribution >= 4 is 23.4 Å². The minimum Gasteiger partial charge on any atom is -0.490 e. The molecule has 1 atom stereocenters. The van der Waals surface area contributed by atoms with E-state index in [1.807, 2.05) is 34.1 Å². The van der Waals surface area contributed by atoms with Crippen LogP contribution in [0, 0.1) is 5.92 Å². The minimum absolute atomic E-state index is 0.107. The Morgan fingerprint density at radius 2 is 1.92 bits per heavy atom. The van der Waals surface area contributed by atoms with E-state index in [1.54, 1.807) is 0 Å². The molecule has 0 unspecified atom stereocenters. The molecule has 2 saturated heterocycles. The van der Waals surface area contributed by atoms with E-state index in [4.69, 9.17) is 16.3 Å². The van der Waals surface area contributed by atoms with Crippen LogP contribution in [0.3, 0.4) is 0 Å². The normalized spacial score (nSPS) is 24.7. The number of ether oxygens (including phenoxy) is 1. The maximum Gasteiger partial charge on any atom is 0.227 e. The highest BCUT2D eigenvalue weighted by Gasteiger charge is 2.43. The molecule has 4 rings (SSSR count). The predicted molar refractivity (Wildman–Crippen MR) is 94.5 cm³/mol. The molecule has 0 radical (unpaired) electrons. The first-order valence-corrected chi connectivity index (χ1v) is 9.48. The summed E-state index contributed by atoms with van der Waals surface area (Å²) in [6.07, 6.45) is 4.30. The summed E-state index contributed by atoms with van der Waals surface area (Å²) in [6, 6.07) is 7.82. The number of carbonyl (C=O) groups is 2. The van der Waals surface area contributed by atoms with Gasteiger partial charge < -0.3 is 14.5 Å². The summed E-state index contributed by atoms with van der Waals surface area (Å²) >= 11 is 5.99. The summed E-state index contributed by atoms with van der Waals surface area (Å²) in [6.45, 7) is 2.00. The maximum atomic E-state index is 12.7. The van der Waals surface area contributed by atoms with E-state index in [1.165, 1.54) is 0 Å². The number of rotatable bonds is 4. The highest BCUT2D eigenvalue weighted by atomic mass is 35.5. The molecule has 0 N–H and O–H groups in total. The lowest BCUT2D eigenvalue weighted by molar-refractivity contribution is -0.137. The quantitative estimate of drug-likeness (QED) is 0.827. The molecule has 1 saturated carbocycles. The molecule has 0 spiro atoms. The van der Waals surface area contributed by atoms with Gasteiger partial charge in [0.25, 0.3) is 0 Å². The molecule has 3 fully saturated rings. The van der Waals surface area contributed by atoms with Crippen LogP contribution in [0.5, 0.6) is 5.75 Å². The van der Waals surface area contributed by atoms with E-state index in [0.717, 1.165) is 31.4 Å². The second kappa shape index (κ2) is 6.87. The van der Waals surface area contributed by atoms with Crippen LogP contribution in [0.25, 0.3) is 0 Å². The van der Waals surface area contributed by atoms with Gasteiger partial charge >= 0.3 is 0 Å². The number of hydrogen-bond acceptors (Lipinski definition) is 3. The van der Waals surface area contributed by atoms with Crippen molar-refractivity contribution in [2.75, 3.05) is 19.6 Å². The molecule has 2 heterocycles. The lowest BCUT2D eigenvalue weighted by Gasteiger charge is -2.33. The molecule has 2 amide bonds. The first-order chi connectivity index (χ1) is 12.1. The molecule has 25 heavy (non-hydrogen) atoms. The van der Waals surface area contributed by atoms with Gasteiger partial charge in [-0.3, -0.25) is 9.59 Å². The van der Waals surface area contributed by atoms with Crippen molar-refractivity contribution in [3.8, 4) is 5.75 Å². The molecule has 6 heteroatoms. The monoisotopic (exact) mass is 362 g/mol. The van der Waals surface area contributed by atoms with Crippen molar-refractivity contribution in [3.63, 3.8) is 0 Å². The zero-order chi connectivity index (χ0) is 17.4. The Kier molecular flexibility index (Phi) is 4.59. The molecule has 1 aromatic carbocycles. The van der Waals surface area contributed by atoms with Crippen molar-refractivity contribution in [1.82, 2.24) is 9.80 Å². The van der Waals surface area contributed by atoms with Gasteiger partial charge in [0.05, 0.1) is 5.92 Å². The zero-order valence-corrected chi connectivity index (χ0v) is 15.0. The second-order valence-electron chi connectivity index (χ2n) is 7.28. The minimum atomic E-state index is -0.154. The Morgan fingerprint density at radius 3 is 2.60 bits per heavy atom. The molecule has 3 aliphatic rings. The average molecular weight is 363 g/mol. The SMILES string of the molecule is O=C([C@@H]1CC(=O)N(C2CC2)C1)N1CCC(Oc2cccc(Cl)c2)CC1. The van der Waals surface area contributed by atoms with Crippen molar-refractivity contribution in [2.45, 2.75) is 44.2 Å². The van der Waals surface area contributed by atoms with Crippen LogP contribution in [-0.4, -0.2) is 53.4 Å². The molecular weight excluding hydrogens is 340 g/mol. The summed E-state index contributed by atoms with van der Waals surface area (Å²) < 4.78 is 5.98. The van der Waals surface area contributed by atoms with Gasteiger partial charge in [-0.1, -0.05) is 17.7 Å². The predicted octanol–water partition coefficient (Wildman–Crippen LogP) is 2.72. The summed E-state index contributed by atoms with van der Waals surface area (Å²) in [5.41, 5.74) is 0. The van der Waals surface area contributed by atoms with Crippen molar-refractivity contribution in [2.24, 2.45) is 5.92 Å². The highest BCUT2D eigenvalue weighted by Crippen LogP contribution is 2.33. The fourth-order valence-electron chi connectivity index (χ4n) is 3.82. The Morgan fingerprint density at radius 1 is 1.16 bits per heavy atom. The summed E-state index contributed by atoms with van der Waals surface area (Å²) in [5, 5.41) is 0.663. The second-order valence-corrected chi connectivity index (χ2v) is 7.71. The van der Waals surface area contributed by atoms with Gasteiger partial charge in [0.2, 0.25) is 11.8 Å². The van der Waals surface area contributed by atoms with Gasteiger partial charge in [-0.05, 0) is 31.0 Å². The van der Waals surface area contributed by atoms with Crippen LogP contribution in [0.15, 0.2) is 24.3 Å². The largest absolute Gasteiger partial charge is 0.490 e. The number of halogens is 1. The number of nitrogens with zero attached hydrogens (tertiary/aromatic N) is 2. The van der Waals surface area contributed by atoms with E-state index in [2.05, 4.69) is 0 Å². The van der Waals surface area contributed by atoms with Crippen LogP contribution in [-0.2, 0) is 9.59 Å². The summed E-state index contributed by atoms with van der Waals surface area (Å²) in [4.78, 5) is 28.6. The molecule has 0 bridgehead atoms. The number of amides is 2. The number of carbonyl (C=O) groups excluding carboxylic acids is 2. The molecule has 2 aliphatic heterocycles. The smallest absolute Gasteiger partial charge is 0.227 e. The molecule has 1 aromatic rings. The number of piperidine rings is 1. The summed E-state index contributed by atoms with van der Waals surface area (Å²) in [7, 11) is 0. The molecule has 134 valence electrons.